The van der Waals surface area contributed by atoms with Gasteiger partial charge < -0.3 is 10.2 Å². The van der Waals surface area contributed by atoms with E-state index in [9.17, 15) is 4.79 Å². The number of aromatic nitrogens is 3. The van der Waals surface area contributed by atoms with Gasteiger partial charge in [0.15, 0.2) is 0 Å². The number of carbonyl (C=O) groups is 1. The number of hydrogen-bond acceptors (Lipinski definition) is 4. The van der Waals surface area contributed by atoms with Crippen molar-refractivity contribution in [2.45, 2.75) is 18.9 Å². The average molecular weight is 271 g/mol. The van der Waals surface area contributed by atoms with Gasteiger partial charge in [0.05, 0.1) is 0 Å². The Morgan fingerprint density at radius 3 is 3.20 bits per heavy atom. The van der Waals surface area contributed by atoms with Gasteiger partial charge in [0.1, 0.15) is 17.7 Å². The molecule has 0 radical (unpaired) electrons. The van der Waals surface area contributed by atoms with Gasteiger partial charge in [0.2, 0.25) is 0 Å². The molecule has 2 saturated heterocycles. The van der Waals surface area contributed by atoms with Crippen LogP contribution in [-0.4, -0.2) is 50.9 Å². The standard InChI is InChI=1S/C14H17N5O/c20-14(12-6-13-15-2-4-19(13)9-16-12)17-11-5-10-1-3-18(7-10)8-11/h2,4,6,9-11H,1,3,5,7-8H2,(H,17,20)/t10?,11-/m1/s1. The summed E-state index contributed by atoms with van der Waals surface area (Å²) < 4.78 is 1.79. The first-order valence-corrected chi connectivity index (χ1v) is 7.10. The summed E-state index contributed by atoms with van der Waals surface area (Å²) in [6.07, 6.45) is 7.50. The molecule has 0 aromatic carbocycles. The van der Waals surface area contributed by atoms with E-state index >= 15 is 0 Å². The fourth-order valence-electron chi connectivity index (χ4n) is 3.37. The van der Waals surface area contributed by atoms with Gasteiger partial charge in [-0.1, -0.05) is 0 Å². The number of fused-ring (bicyclic) bond motifs is 3. The van der Waals surface area contributed by atoms with Gasteiger partial charge in [0.25, 0.3) is 5.91 Å². The molecule has 2 aliphatic heterocycles. The highest BCUT2D eigenvalue weighted by atomic mass is 16.1. The summed E-state index contributed by atoms with van der Waals surface area (Å²) in [5.41, 5.74) is 1.19. The number of nitrogens with one attached hydrogen (secondary N) is 1. The van der Waals surface area contributed by atoms with Gasteiger partial charge in [-0.05, 0) is 25.3 Å². The van der Waals surface area contributed by atoms with Crippen LogP contribution in [0.5, 0.6) is 0 Å². The van der Waals surface area contributed by atoms with Crippen LogP contribution in [-0.2, 0) is 0 Å². The van der Waals surface area contributed by atoms with Crippen molar-refractivity contribution in [2.24, 2.45) is 5.92 Å². The smallest absolute Gasteiger partial charge is 0.270 e. The highest BCUT2D eigenvalue weighted by Crippen LogP contribution is 2.26. The third kappa shape index (κ3) is 2.06. The largest absolute Gasteiger partial charge is 0.347 e. The number of hydrogen-bond donors (Lipinski definition) is 1. The molecule has 1 amide bonds. The average Bonchev–Trinajstić information content (AvgIpc) is 3.04. The Morgan fingerprint density at radius 2 is 2.30 bits per heavy atom. The minimum atomic E-state index is -0.0944. The zero-order chi connectivity index (χ0) is 13.5. The minimum absolute atomic E-state index is 0.0944. The van der Waals surface area contributed by atoms with Crippen molar-refractivity contribution in [3.05, 3.63) is 30.5 Å². The Morgan fingerprint density at radius 1 is 1.35 bits per heavy atom. The topological polar surface area (TPSA) is 62.5 Å². The summed E-state index contributed by atoms with van der Waals surface area (Å²) in [5, 5.41) is 3.11. The molecule has 2 fully saturated rings. The number of piperidine rings is 1. The minimum Gasteiger partial charge on any atom is -0.347 e. The molecule has 3 atom stereocenters. The van der Waals surface area contributed by atoms with Crippen molar-refractivity contribution in [1.82, 2.24) is 24.6 Å². The van der Waals surface area contributed by atoms with Crippen LogP contribution in [0, 0.1) is 5.92 Å². The lowest BCUT2D eigenvalue weighted by atomic mass is 9.97. The molecule has 20 heavy (non-hydrogen) atoms. The first-order chi connectivity index (χ1) is 9.78. The highest BCUT2D eigenvalue weighted by molar-refractivity contribution is 5.93. The number of amides is 1. The molecule has 0 spiro atoms. The Labute approximate surface area is 116 Å². The van der Waals surface area contributed by atoms with Gasteiger partial charge in [-0.15, -0.1) is 0 Å². The first kappa shape index (κ1) is 11.8. The van der Waals surface area contributed by atoms with E-state index < -0.39 is 0 Å². The van der Waals surface area contributed by atoms with E-state index in [4.69, 9.17) is 0 Å². The lowest BCUT2D eigenvalue weighted by Crippen LogP contribution is -2.47. The van der Waals surface area contributed by atoms with E-state index in [-0.39, 0.29) is 11.9 Å². The van der Waals surface area contributed by atoms with E-state index in [0.29, 0.717) is 5.69 Å². The molecular formula is C14H17N5O. The van der Waals surface area contributed by atoms with Crippen molar-refractivity contribution in [2.75, 3.05) is 19.6 Å². The zero-order valence-corrected chi connectivity index (χ0v) is 11.2. The van der Waals surface area contributed by atoms with Gasteiger partial charge in [-0.25, -0.2) is 9.97 Å². The predicted octanol–water partition coefficient (Wildman–Crippen LogP) is 0.553. The van der Waals surface area contributed by atoms with E-state index in [2.05, 4.69) is 20.2 Å². The molecule has 2 bridgehead atoms. The number of carbonyl (C=O) groups excluding carboxylic acids is 1. The molecule has 0 saturated carbocycles. The summed E-state index contributed by atoms with van der Waals surface area (Å²) in [6, 6.07) is 1.98. The second-order valence-electron chi connectivity index (χ2n) is 5.79. The Kier molecular flexibility index (Phi) is 2.70. The van der Waals surface area contributed by atoms with Gasteiger partial charge in [-0.2, -0.15) is 0 Å². The zero-order valence-electron chi connectivity index (χ0n) is 11.2. The second-order valence-corrected chi connectivity index (χ2v) is 5.79. The number of nitrogens with zero attached hydrogens (tertiary/aromatic N) is 4. The van der Waals surface area contributed by atoms with Crippen molar-refractivity contribution in [3.63, 3.8) is 0 Å². The van der Waals surface area contributed by atoms with E-state index in [1.165, 1.54) is 19.5 Å². The Balaban J connectivity index is 1.49. The maximum Gasteiger partial charge on any atom is 0.270 e. The normalized spacial score (nSPS) is 28.7. The van der Waals surface area contributed by atoms with Crippen LogP contribution in [0.25, 0.3) is 5.65 Å². The second kappa shape index (κ2) is 4.56. The summed E-state index contributed by atoms with van der Waals surface area (Å²) in [4.78, 5) is 23.1. The molecule has 2 unspecified atom stereocenters. The molecule has 104 valence electrons. The third-order valence-corrected chi connectivity index (χ3v) is 4.32. The summed E-state index contributed by atoms with van der Waals surface area (Å²) >= 11 is 0. The molecule has 1 N–H and O–H groups in total. The lowest BCUT2D eigenvalue weighted by Gasteiger charge is -2.30. The highest BCUT2D eigenvalue weighted by Gasteiger charge is 2.33. The van der Waals surface area contributed by atoms with Crippen LogP contribution in [0.2, 0.25) is 0 Å². The predicted molar refractivity (Wildman–Crippen MR) is 73.4 cm³/mol. The quantitative estimate of drug-likeness (QED) is 0.866. The Bertz CT molecular complexity index is 640. The molecule has 4 heterocycles. The lowest BCUT2D eigenvalue weighted by molar-refractivity contribution is 0.0904. The summed E-state index contributed by atoms with van der Waals surface area (Å²) in [7, 11) is 0. The fourth-order valence-corrected chi connectivity index (χ4v) is 3.37. The molecule has 2 aromatic rings. The molecular weight excluding hydrogens is 254 g/mol. The third-order valence-electron chi connectivity index (χ3n) is 4.32. The number of imidazole rings is 1. The molecule has 2 aromatic heterocycles. The van der Waals surface area contributed by atoms with Crippen LogP contribution >= 0.6 is 0 Å². The molecule has 2 aliphatic rings. The van der Waals surface area contributed by atoms with Crippen molar-refractivity contribution < 1.29 is 4.79 Å². The van der Waals surface area contributed by atoms with Crippen molar-refractivity contribution >= 4 is 11.6 Å². The first-order valence-electron chi connectivity index (χ1n) is 7.10. The van der Waals surface area contributed by atoms with Crippen LogP contribution in [0.4, 0.5) is 0 Å². The van der Waals surface area contributed by atoms with Crippen molar-refractivity contribution in [3.8, 4) is 0 Å². The molecule has 4 rings (SSSR count). The van der Waals surface area contributed by atoms with E-state index in [0.717, 1.165) is 24.5 Å². The van der Waals surface area contributed by atoms with Gasteiger partial charge in [0, 0.05) is 37.6 Å². The van der Waals surface area contributed by atoms with Crippen molar-refractivity contribution in [1.29, 1.82) is 0 Å². The van der Waals surface area contributed by atoms with Crippen LogP contribution < -0.4 is 5.32 Å². The van der Waals surface area contributed by atoms with Gasteiger partial charge in [-0.3, -0.25) is 9.20 Å². The SMILES string of the molecule is O=C(N[C@@H]1CC2CCN(C2)C1)c1cc2nccn2cn1. The fraction of sp³-hybridized carbons (Fsp3) is 0.500. The van der Waals surface area contributed by atoms with Gasteiger partial charge >= 0.3 is 0 Å². The van der Waals surface area contributed by atoms with Crippen LogP contribution in [0.3, 0.4) is 0 Å². The summed E-state index contributed by atoms with van der Waals surface area (Å²) in [5.74, 6) is 0.653. The van der Waals surface area contributed by atoms with Crippen LogP contribution in [0.15, 0.2) is 24.8 Å². The van der Waals surface area contributed by atoms with E-state index in [1.54, 1.807) is 23.0 Å². The monoisotopic (exact) mass is 271 g/mol. The molecule has 6 nitrogen and oxygen atoms in total. The van der Waals surface area contributed by atoms with Crippen LogP contribution in [0.1, 0.15) is 23.3 Å². The maximum atomic E-state index is 12.3. The Hall–Kier alpha value is -1.95. The van der Waals surface area contributed by atoms with E-state index in [1.807, 2.05) is 6.20 Å². The molecule has 6 heteroatoms. The maximum absolute atomic E-state index is 12.3. The molecule has 0 aliphatic carbocycles. The number of rotatable bonds is 2. The summed E-state index contributed by atoms with van der Waals surface area (Å²) in [6.45, 7) is 3.34.